The van der Waals surface area contributed by atoms with Gasteiger partial charge in [0.05, 0.1) is 17.0 Å². The minimum atomic E-state index is -0.270. The smallest absolute Gasteiger partial charge is 0.338 e. The molecule has 6 rings (SSSR count). The summed E-state index contributed by atoms with van der Waals surface area (Å²) < 4.78 is 5.55. The highest BCUT2D eigenvalue weighted by molar-refractivity contribution is 5.96. The van der Waals surface area contributed by atoms with Crippen molar-refractivity contribution in [3.63, 3.8) is 0 Å². The molecular formula is C31H27N3O2. The van der Waals surface area contributed by atoms with Crippen molar-refractivity contribution >= 4 is 28.0 Å². The number of aryl methyl sites for hydroxylation is 1. The Morgan fingerprint density at radius 2 is 1.67 bits per heavy atom. The Balaban J connectivity index is 1.36. The van der Waals surface area contributed by atoms with Crippen LogP contribution in [-0.2, 0) is 4.74 Å². The Morgan fingerprint density at radius 1 is 0.889 bits per heavy atom. The number of carbonyl (C=O) groups is 1. The van der Waals surface area contributed by atoms with Crippen LogP contribution < -0.4 is 10.6 Å². The van der Waals surface area contributed by atoms with Gasteiger partial charge in [0.15, 0.2) is 0 Å². The molecule has 0 saturated carbocycles. The molecule has 0 aliphatic carbocycles. The lowest BCUT2D eigenvalue weighted by Gasteiger charge is -2.26. The fourth-order valence-electron chi connectivity index (χ4n) is 4.69. The van der Waals surface area contributed by atoms with E-state index in [-0.39, 0.29) is 12.1 Å². The predicted molar refractivity (Wildman–Crippen MR) is 144 cm³/mol. The predicted octanol–water partition coefficient (Wildman–Crippen LogP) is 5.71. The average molecular weight is 474 g/mol. The lowest BCUT2D eigenvalue weighted by molar-refractivity contribution is 0.0169. The Hall–Kier alpha value is -4.22. The maximum atomic E-state index is 12.6. The number of esters is 1. The molecule has 1 fully saturated rings. The zero-order valence-corrected chi connectivity index (χ0v) is 20.1. The maximum Gasteiger partial charge on any atom is 0.338 e. The van der Waals surface area contributed by atoms with Gasteiger partial charge in [-0.1, -0.05) is 48.5 Å². The number of allylic oxidation sites excluding steroid dienone is 2. The number of fused-ring (bicyclic) bond motifs is 1. The number of nitrogens with one attached hydrogen (secondary N) is 2. The van der Waals surface area contributed by atoms with Crippen LogP contribution in [-0.4, -0.2) is 30.1 Å². The number of ether oxygens (including phenoxy) is 1. The van der Waals surface area contributed by atoms with Gasteiger partial charge in [0, 0.05) is 18.8 Å². The van der Waals surface area contributed by atoms with Crippen molar-refractivity contribution in [3.05, 3.63) is 114 Å². The molecule has 5 heteroatoms. The SMILES string of the molecule is Cc1cccc(C2=C(c3ccc4ccc(-c5cccc(C(=O)OC6CNC6)c5)cc4c3)CC=CN2)n1. The van der Waals surface area contributed by atoms with E-state index in [1.807, 2.05) is 55.6 Å². The molecule has 5 nitrogen and oxygen atoms in total. The molecule has 3 aromatic carbocycles. The van der Waals surface area contributed by atoms with Crippen molar-refractivity contribution < 1.29 is 9.53 Å². The van der Waals surface area contributed by atoms with E-state index < -0.39 is 0 Å². The van der Waals surface area contributed by atoms with Crippen molar-refractivity contribution in [2.24, 2.45) is 0 Å². The van der Waals surface area contributed by atoms with Gasteiger partial charge in [-0.25, -0.2) is 4.79 Å². The van der Waals surface area contributed by atoms with E-state index in [0.717, 1.165) is 53.1 Å². The third-order valence-corrected chi connectivity index (χ3v) is 6.75. The fourth-order valence-corrected chi connectivity index (χ4v) is 4.69. The van der Waals surface area contributed by atoms with Crippen molar-refractivity contribution in [1.29, 1.82) is 0 Å². The average Bonchev–Trinajstić information content (AvgIpc) is 2.90. The molecule has 3 heterocycles. The zero-order chi connectivity index (χ0) is 24.5. The molecule has 2 N–H and O–H groups in total. The number of nitrogens with zero attached hydrogens (tertiary/aromatic N) is 1. The molecule has 0 radical (unpaired) electrons. The van der Waals surface area contributed by atoms with Crippen LogP contribution >= 0.6 is 0 Å². The van der Waals surface area contributed by atoms with Crippen LogP contribution in [0.2, 0.25) is 0 Å². The first kappa shape index (κ1) is 22.3. The topological polar surface area (TPSA) is 63.2 Å². The minimum absolute atomic E-state index is 0.0291. The van der Waals surface area contributed by atoms with Gasteiger partial charge in [0.1, 0.15) is 6.10 Å². The molecule has 0 bridgehead atoms. The summed E-state index contributed by atoms with van der Waals surface area (Å²) in [5.41, 5.74) is 8.02. The summed E-state index contributed by atoms with van der Waals surface area (Å²) >= 11 is 0. The number of carbonyl (C=O) groups excluding carboxylic acids is 1. The summed E-state index contributed by atoms with van der Waals surface area (Å²) in [5, 5.41) is 8.87. The number of dihydropyridines is 1. The van der Waals surface area contributed by atoms with Gasteiger partial charge in [0.2, 0.25) is 0 Å². The first-order valence-corrected chi connectivity index (χ1v) is 12.3. The summed E-state index contributed by atoms with van der Waals surface area (Å²) in [6.45, 7) is 3.46. The normalized spacial score (nSPS) is 15.5. The lowest BCUT2D eigenvalue weighted by Crippen LogP contribution is -2.49. The highest BCUT2D eigenvalue weighted by atomic mass is 16.5. The van der Waals surface area contributed by atoms with Crippen LogP contribution in [0.3, 0.4) is 0 Å². The quantitative estimate of drug-likeness (QED) is 0.363. The number of hydrogen-bond acceptors (Lipinski definition) is 5. The van der Waals surface area contributed by atoms with Crippen LogP contribution in [0, 0.1) is 6.92 Å². The van der Waals surface area contributed by atoms with E-state index in [1.165, 1.54) is 16.5 Å². The van der Waals surface area contributed by atoms with Gasteiger partial charge in [-0.3, -0.25) is 4.98 Å². The number of pyridine rings is 1. The molecule has 0 unspecified atom stereocenters. The second-order valence-electron chi connectivity index (χ2n) is 9.31. The Kier molecular flexibility index (Phi) is 5.84. The second-order valence-corrected chi connectivity index (χ2v) is 9.31. The minimum Gasteiger partial charge on any atom is -0.456 e. The number of hydrogen-bond donors (Lipinski definition) is 2. The van der Waals surface area contributed by atoms with Gasteiger partial charge in [0.25, 0.3) is 0 Å². The molecule has 4 aromatic rings. The third kappa shape index (κ3) is 4.41. The van der Waals surface area contributed by atoms with E-state index in [0.29, 0.717) is 5.56 Å². The first-order valence-electron chi connectivity index (χ1n) is 12.3. The fraction of sp³-hybridized carbons (Fsp3) is 0.161. The maximum absolute atomic E-state index is 12.6. The van der Waals surface area contributed by atoms with Crippen LogP contribution in [0.5, 0.6) is 0 Å². The molecule has 0 amide bonds. The third-order valence-electron chi connectivity index (χ3n) is 6.75. The first-order chi connectivity index (χ1) is 17.6. The van der Waals surface area contributed by atoms with E-state index in [1.54, 1.807) is 0 Å². The van der Waals surface area contributed by atoms with Crippen LogP contribution in [0.4, 0.5) is 0 Å². The molecule has 178 valence electrons. The van der Waals surface area contributed by atoms with E-state index >= 15 is 0 Å². The molecule has 2 aliphatic heterocycles. The van der Waals surface area contributed by atoms with Crippen molar-refractivity contribution in [1.82, 2.24) is 15.6 Å². The van der Waals surface area contributed by atoms with E-state index in [9.17, 15) is 4.79 Å². The zero-order valence-electron chi connectivity index (χ0n) is 20.1. The van der Waals surface area contributed by atoms with E-state index in [2.05, 4.69) is 53.1 Å². The number of benzene rings is 3. The van der Waals surface area contributed by atoms with Crippen molar-refractivity contribution in [2.75, 3.05) is 13.1 Å². The van der Waals surface area contributed by atoms with Crippen LogP contribution in [0.1, 0.15) is 33.7 Å². The van der Waals surface area contributed by atoms with Crippen molar-refractivity contribution in [3.8, 4) is 11.1 Å². The highest BCUT2D eigenvalue weighted by Crippen LogP contribution is 2.33. The standard InChI is InChI=1S/C31H27N3O2/c1-20-5-2-9-29(34-20)30-28(8-4-14-33-30)24-13-11-21-10-12-23(16-26(21)17-24)22-6-3-7-25(15-22)31(35)36-27-18-32-19-27/h2-7,9-17,27,32-33H,8,18-19H2,1H3. The Labute approximate surface area is 210 Å². The van der Waals surface area contributed by atoms with E-state index in [4.69, 9.17) is 9.72 Å². The molecule has 0 atom stereocenters. The molecule has 0 spiro atoms. The highest BCUT2D eigenvalue weighted by Gasteiger charge is 2.22. The van der Waals surface area contributed by atoms with Crippen molar-refractivity contribution in [2.45, 2.75) is 19.4 Å². The number of aromatic nitrogens is 1. The second kappa shape index (κ2) is 9.44. The van der Waals surface area contributed by atoms with Gasteiger partial charge < -0.3 is 15.4 Å². The molecule has 36 heavy (non-hydrogen) atoms. The van der Waals surface area contributed by atoms with Crippen LogP contribution in [0.25, 0.3) is 33.2 Å². The molecular weight excluding hydrogens is 446 g/mol. The number of rotatable bonds is 5. The summed E-state index contributed by atoms with van der Waals surface area (Å²) in [5.74, 6) is -0.270. The van der Waals surface area contributed by atoms with Gasteiger partial charge in [-0.2, -0.15) is 0 Å². The molecule has 1 aromatic heterocycles. The summed E-state index contributed by atoms with van der Waals surface area (Å²) in [7, 11) is 0. The van der Waals surface area contributed by atoms with Gasteiger partial charge >= 0.3 is 5.97 Å². The lowest BCUT2D eigenvalue weighted by atomic mass is 9.93. The monoisotopic (exact) mass is 473 g/mol. The summed E-state index contributed by atoms with van der Waals surface area (Å²) in [6.07, 6.45) is 4.93. The Morgan fingerprint density at radius 3 is 2.47 bits per heavy atom. The molecule has 2 aliphatic rings. The summed E-state index contributed by atoms with van der Waals surface area (Å²) in [4.78, 5) is 17.3. The largest absolute Gasteiger partial charge is 0.456 e. The van der Waals surface area contributed by atoms with Crippen LogP contribution in [0.15, 0.2) is 91.1 Å². The van der Waals surface area contributed by atoms with Gasteiger partial charge in [-0.15, -0.1) is 0 Å². The Bertz CT molecular complexity index is 1530. The molecule has 1 saturated heterocycles. The van der Waals surface area contributed by atoms with Gasteiger partial charge in [-0.05, 0) is 89.0 Å². The summed E-state index contributed by atoms with van der Waals surface area (Å²) in [6, 6.07) is 26.8.